The molecule has 3 rings (SSSR count). The van der Waals surface area contributed by atoms with Gasteiger partial charge in [0.1, 0.15) is 17.9 Å². The number of carboxylic acids is 1. The van der Waals surface area contributed by atoms with Crippen LogP contribution in [0.5, 0.6) is 0 Å². The molecule has 0 spiro atoms. The zero-order chi connectivity index (χ0) is 25.4. The first-order valence-electron chi connectivity index (χ1n) is 12.1. The van der Waals surface area contributed by atoms with Crippen molar-refractivity contribution in [3.63, 3.8) is 0 Å². The average Bonchev–Trinajstić information content (AvgIpc) is 3.34. The summed E-state index contributed by atoms with van der Waals surface area (Å²) in [4.78, 5) is 53.0. The number of carbonyl (C=O) groups excluding carboxylic acids is 2. The van der Waals surface area contributed by atoms with Gasteiger partial charge in [0.05, 0.1) is 6.33 Å². The highest BCUT2D eigenvalue weighted by atomic mass is 16.4. The van der Waals surface area contributed by atoms with Crippen molar-refractivity contribution in [2.75, 3.05) is 13.1 Å². The number of nitrogens with zero attached hydrogens (tertiary/aromatic N) is 3. The number of aromatic amines is 1. The molecule has 1 fully saturated rings. The van der Waals surface area contributed by atoms with E-state index in [9.17, 15) is 19.5 Å². The van der Waals surface area contributed by atoms with Gasteiger partial charge in [-0.15, -0.1) is 0 Å². The highest BCUT2D eigenvalue weighted by Crippen LogP contribution is 2.24. The predicted octanol–water partition coefficient (Wildman–Crippen LogP) is 0.861. The van der Waals surface area contributed by atoms with Gasteiger partial charge in [0.25, 0.3) is 0 Å². The summed E-state index contributed by atoms with van der Waals surface area (Å²) in [7, 11) is 0. The maximum Gasteiger partial charge on any atom is 0.326 e. The fourth-order valence-electron chi connectivity index (χ4n) is 4.21. The summed E-state index contributed by atoms with van der Waals surface area (Å²) in [6.07, 6.45) is 5.66. The minimum Gasteiger partial charge on any atom is -0.480 e. The number of imidazole rings is 1. The monoisotopic (exact) mass is 485 g/mol. The summed E-state index contributed by atoms with van der Waals surface area (Å²) in [5.74, 6) is -1.14. The Hall–Kier alpha value is -3.34. The van der Waals surface area contributed by atoms with E-state index >= 15 is 0 Å². The van der Waals surface area contributed by atoms with Gasteiger partial charge in [-0.2, -0.15) is 0 Å². The molecule has 11 heteroatoms. The Morgan fingerprint density at radius 2 is 1.91 bits per heavy atom. The molecule has 1 aliphatic rings. The molecule has 0 saturated carbocycles. The van der Waals surface area contributed by atoms with E-state index in [1.165, 1.54) is 12.5 Å². The molecule has 3 heterocycles. The third kappa shape index (κ3) is 7.84. The maximum absolute atomic E-state index is 12.9. The summed E-state index contributed by atoms with van der Waals surface area (Å²) in [5.41, 5.74) is 2.41. The van der Waals surface area contributed by atoms with Gasteiger partial charge < -0.3 is 26.0 Å². The van der Waals surface area contributed by atoms with Crippen molar-refractivity contribution in [2.24, 2.45) is 5.92 Å². The maximum atomic E-state index is 12.9. The molecule has 2 aromatic rings. The third-order valence-electron chi connectivity index (χ3n) is 6.14. The fraction of sp³-hybridized carbons (Fsp3) is 0.583. The number of hydrogen-bond acceptors (Lipinski definition) is 7. The number of aromatic nitrogens is 4. The topological polar surface area (TPSA) is 162 Å². The lowest BCUT2D eigenvalue weighted by molar-refractivity contribution is -0.142. The van der Waals surface area contributed by atoms with Gasteiger partial charge in [0.15, 0.2) is 0 Å². The zero-order valence-electron chi connectivity index (χ0n) is 20.5. The van der Waals surface area contributed by atoms with Crippen molar-refractivity contribution in [1.29, 1.82) is 0 Å². The van der Waals surface area contributed by atoms with Gasteiger partial charge in [-0.1, -0.05) is 13.8 Å². The quantitative estimate of drug-likeness (QED) is 0.313. The molecular weight excluding hydrogens is 450 g/mol. The van der Waals surface area contributed by atoms with E-state index in [1.54, 1.807) is 13.8 Å². The second kappa shape index (κ2) is 12.4. The van der Waals surface area contributed by atoms with E-state index in [-0.39, 0.29) is 24.7 Å². The minimum atomic E-state index is -1.16. The Balaban J connectivity index is 1.58. The minimum absolute atomic E-state index is 0.0618. The molecule has 2 atom stereocenters. The van der Waals surface area contributed by atoms with E-state index in [4.69, 9.17) is 0 Å². The molecule has 1 aliphatic heterocycles. The second-order valence-electron chi connectivity index (χ2n) is 9.33. The van der Waals surface area contributed by atoms with Crippen molar-refractivity contribution < 1.29 is 19.5 Å². The lowest BCUT2D eigenvalue weighted by Gasteiger charge is -2.24. The molecule has 190 valence electrons. The van der Waals surface area contributed by atoms with Crippen LogP contribution in [0.15, 0.2) is 18.6 Å². The van der Waals surface area contributed by atoms with Crippen LogP contribution >= 0.6 is 0 Å². The van der Waals surface area contributed by atoms with Gasteiger partial charge in [0, 0.05) is 42.0 Å². The van der Waals surface area contributed by atoms with Crippen LogP contribution in [-0.2, 0) is 27.2 Å². The Morgan fingerprint density at radius 1 is 1.17 bits per heavy atom. The summed E-state index contributed by atoms with van der Waals surface area (Å²) < 4.78 is 0. The van der Waals surface area contributed by atoms with E-state index in [1.807, 2.05) is 13.0 Å². The van der Waals surface area contributed by atoms with Crippen molar-refractivity contribution in [2.45, 2.75) is 70.9 Å². The number of amides is 2. The highest BCUT2D eigenvalue weighted by Gasteiger charge is 2.29. The van der Waals surface area contributed by atoms with Crippen LogP contribution in [0.3, 0.4) is 0 Å². The van der Waals surface area contributed by atoms with Gasteiger partial charge in [0.2, 0.25) is 11.8 Å². The first-order valence-corrected chi connectivity index (χ1v) is 12.1. The lowest BCUT2D eigenvalue weighted by Crippen LogP contribution is -2.54. The Morgan fingerprint density at radius 3 is 2.54 bits per heavy atom. The highest BCUT2D eigenvalue weighted by molar-refractivity contribution is 5.90. The number of carbonyl (C=O) groups is 3. The van der Waals surface area contributed by atoms with E-state index in [0.29, 0.717) is 23.9 Å². The number of H-pyrrole nitrogens is 1. The number of aliphatic carboxylic acids is 1. The van der Waals surface area contributed by atoms with Crippen LogP contribution in [0.25, 0.3) is 0 Å². The molecule has 0 bridgehead atoms. The Labute approximate surface area is 204 Å². The van der Waals surface area contributed by atoms with Crippen LogP contribution < -0.4 is 16.0 Å². The number of hydrogen-bond donors (Lipinski definition) is 5. The van der Waals surface area contributed by atoms with Gasteiger partial charge in [-0.25, -0.2) is 19.7 Å². The third-order valence-corrected chi connectivity index (χ3v) is 6.14. The second-order valence-corrected chi connectivity index (χ2v) is 9.33. The largest absolute Gasteiger partial charge is 0.480 e. The summed E-state index contributed by atoms with van der Waals surface area (Å²) in [6, 6.07) is -0.0161. The molecule has 1 saturated heterocycles. The van der Waals surface area contributed by atoms with Gasteiger partial charge >= 0.3 is 5.97 Å². The molecule has 0 unspecified atom stereocenters. The van der Waals surface area contributed by atoms with Crippen molar-refractivity contribution in [1.82, 2.24) is 35.9 Å². The van der Waals surface area contributed by atoms with Crippen LogP contribution in [0.4, 0.5) is 0 Å². The molecule has 0 aliphatic carbocycles. The smallest absolute Gasteiger partial charge is 0.326 e. The van der Waals surface area contributed by atoms with Crippen LogP contribution in [0.2, 0.25) is 0 Å². The first kappa shape index (κ1) is 26.3. The fourth-order valence-corrected chi connectivity index (χ4v) is 4.21. The molecule has 5 N–H and O–H groups in total. The van der Waals surface area contributed by atoms with E-state index < -0.39 is 24.0 Å². The Bertz CT molecular complexity index is 1000. The number of nitrogens with one attached hydrogen (secondary N) is 4. The average molecular weight is 486 g/mol. The Kier molecular flexibility index (Phi) is 9.30. The number of piperidine rings is 1. The molecule has 2 amide bonds. The summed E-state index contributed by atoms with van der Waals surface area (Å²) >= 11 is 0. The van der Waals surface area contributed by atoms with Crippen LogP contribution in [-0.4, -0.2) is 68.0 Å². The molecule has 35 heavy (non-hydrogen) atoms. The predicted molar refractivity (Wildman–Crippen MR) is 129 cm³/mol. The summed E-state index contributed by atoms with van der Waals surface area (Å²) in [6.45, 7) is 7.39. The molecular formula is C24H35N7O4. The number of rotatable bonds is 11. The molecule has 11 nitrogen and oxygen atoms in total. The molecule has 0 aromatic carbocycles. The normalized spacial score (nSPS) is 16.0. The van der Waals surface area contributed by atoms with Gasteiger partial charge in [-0.3, -0.25) is 9.59 Å². The van der Waals surface area contributed by atoms with Gasteiger partial charge in [-0.05, 0) is 51.3 Å². The van der Waals surface area contributed by atoms with Crippen molar-refractivity contribution in [3.8, 4) is 0 Å². The lowest BCUT2D eigenvalue weighted by atomic mass is 9.93. The van der Waals surface area contributed by atoms with E-state index in [0.717, 1.165) is 37.3 Å². The van der Waals surface area contributed by atoms with Crippen LogP contribution in [0, 0.1) is 12.8 Å². The van der Waals surface area contributed by atoms with Crippen molar-refractivity contribution in [3.05, 3.63) is 41.5 Å². The molecule has 2 aromatic heterocycles. The SMILES string of the molecule is Cc1nc(CCC(=O)N[C@H](C(=O)N[C@@H](Cc2cnc[nH]2)C(=O)O)C(C)C)cc(C2CCNCC2)n1. The number of aryl methyl sites for hydroxylation is 2. The molecule has 0 radical (unpaired) electrons. The van der Waals surface area contributed by atoms with E-state index in [2.05, 4.69) is 35.9 Å². The number of carboxylic acid groups (broad SMARTS) is 1. The van der Waals surface area contributed by atoms with Crippen LogP contribution in [0.1, 0.15) is 61.9 Å². The summed E-state index contributed by atoms with van der Waals surface area (Å²) in [5, 5.41) is 18.2. The van der Waals surface area contributed by atoms with Crippen molar-refractivity contribution >= 4 is 17.8 Å². The standard InChI is InChI=1S/C24H35N7O4/c1-14(2)22(23(33)30-20(24(34)35)11-18-12-26-13-27-18)31-21(32)5-4-17-10-19(29-15(3)28-17)16-6-8-25-9-7-16/h10,12-14,16,20,22,25H,4-9,11H2,1-3H3,(H,26,27)(H,30,33)(H,31,32)(H,34,35)/t20-,22-/m0/s1. The zero-order valence-corrected chi connectivity index (χ0v) is 20.5. The first-order chi connectivity index (χ1) is 16.7.